The van der Waals surface area contributed by atoms with Crippen molar-refractivity contribution in [1.82, 2.24) is 10.2 Å². The van der Waals surface area contributed by atoms with E-state index >= 15 is 0 Å². The van der Waals surface area contributed by atoms with Gasteiger partial charge in [-0.2, -0.15) is 13.2 Å². The van der Waals surface area contributed by atoms with Crippen molar-refractivity contribution in [2.24, 2.45) is 0 Å². The number of halogens is 3. The SMILES string of the molecule is Cc1ccc(-c2nnc(SCc3cccc(C(F)(F)F)c3)o2)cc1C. The molecule has 0 amide bonds. The van der Waals surface area contributed by atoms with Crippen LogP contribution in [0.2, 0.25) is 0 Å². The summed E-state index contributed by atoms with van der Waals surface area (Å²) < 4.78 is 43.8. The normalized spacial score (nSPS) is 11.7. The summed E-state index contributed by atoms with van der Waals surface area (Å²) in [6.45, 7) is 4.02. The molecule has 3 nitrogen and oxygen atoms in total. The van der Waals surface area contributed by atoms with Gasteiger partial charge >= 0.3 is 6.18 Å². The van der Waals surface area contributed by atoms with Gasteiger partial charge in [-0.15, -0.1) is 10.2 Å². The third kappa shape index (κ3) is 4.22. The van der Waals surface area contributed by atoms with Crippen molar-refractivity contribution < 1.29 is 17.6 Å². The quantitative estimate of drug-likeness (QED) is 0.560. The topological polar surface area (TPSA) is 38.9 Å². The second kappa shape index (κ2) is 6.92. The second-order valence-corrected chi connectivity index (χ2v) is 6.59. The molecule has 0 aliphatic carbocycles. The van der Waals surface area contributed by atoms with Crippen molar-refractivity contribution >= 4 is 11.8 Å². The molecule has 0 saturated carbocycles. The molecule has 0 atom stereocenters. The molecule has 2 aromatic carbocycles. The van der Waals surface area contributed by atoms with E-state index in [1.54, 1.807) is 6.07 Å². The lowest BCUT2D eigenvalue weighted by molar-refractivity contribution is -0.137. The molecule has 1 heterocycles. The molecule has 25 heavy (non-hydrogen) atoms. The average Bonchev–Trinajstić information content (AvgIpc) is 3.04. The largest absolute Gasteiger partial charge is 0.416 e. The predicted molar refractivity (Wildman–Crippen MR) is 90.2 cm³/mol. The Bertz CT molecular complexity index is 890. The van der Waals surface area contributed by atoms with Crippen molar-refractivity contribution in [3.05, 3.63) is 64.7 Å². The molecule has 1 aromatic heterocycles. The summed E-state index contributed by atoms with van der Waals surface area (Å²) in [6, 6.07) is 11.1. The summed E-state index contributed by atoms with van der Waals surface area (Å²) in [7, 11) is 0. The van der Waals surface area contributed by atoms with E-state index in [9.17, 15) is 13.2 Å². The van der Waals surface area contributed by atoms with Gasteiger partial charge in [0.05, 0.1) is 5.56 Å². The van der Waals surface area contributed by atoms with Crippen LogP contribution in [-0.4, -0.2) is 10.2 Å². The molecule has 0 unspecified atom stereocenters. The number of nitrogens with zero attached hydrogens (tertiary/aromatic N) is 2. The maximum absolute atomic E-state index is 12.7. The van der Waals surface area contributed by atoms with E-state index in [1.807, 2.05) is 32.0 Å². The Morgan fingerprint density at radius 2 is 1.80 bits per heavy atom. The fourth-order valence-electron chi connectivity index (χ4n) is 2.24. The van der Waals surface area contributed by atoms with Gasteiger partial charge in [0.1, 0.15) is 0 Å². The van der Waals surface area contributed by atoms with Crippen LogP contribution in [0, 0.1) is 13.8 Å². The van der Waals surface area contributed by atoms with Gasteiger partial charge in [-0.05, 0) is 48.7 Å². The maximum atomic E-state index is 12.7. The van der Waals surface area contributed by atoms with Crippen LogP contribution >= 0.6 is 11.8 Å². The van der Waals surface area contributed by atoms with Crippen molar-refractivity contribution in [2.45, 2.75) is 31.0 Å². The minimum atomic E-state index is -4.35. The first-order valence-corrected chi connectivity index (χ1v) is 8.51. The summed E-state index contributed by atoms with van der Waals surface area (Å²) >= 11 is 1.21. The van der Waals surface area contributed by atoms with Crippen LogP contribution in [0.3, 0.4) is 0 Å². The Balaban J connectivity index is 1.71. The molecule has 0 aliphatic rings. The van der Waals surface area contributed by atoms with Crippen molar-refractivity contribution in [3.63, 3.8) is 0 Å². The van der Waals surface area contributed by atoms with Crippen LogP contribution in [0.15, 0.2) is 52.1 Å². The summed E-state index contributed by atoms with van der Waals surface area (Å²) in [6.07, 6.45) is -4.35. The molecular weight excluding hydrogens is 349 g/mol. The van der Waals surface area contributed by atoms with Crippen LogP contribution in [0.1, 0.15) is 22.3 Å². The Morgan fingerprint density at radius 1 is 1.00 bits per heavy atom. The lowest BCUT2D eigenvalue weighted by atomic mass is 10.1. The first kappa shape index (κ1) is 17.5. The fraction of sp³-hybridized carbons (Fsp3) is 0.222. The first-order valence-electron chi connectivity index (χ1n) is 7.53. The lowest BCUT2D eigenvalue weighted by Crippen LogP contribution is -2.04. The zero-order valence-corrected chi connectivity index (χ0v) is 14.4. The standard InChI is InChI=1S/C18H15F3N2OS/c1-11-6-7-14(8-12(11)2)16-22-23-17(24-16)25-10-13-4-3-5-15(9-13)18(19,20)21/h3-9H,10H2,1-2H3. The summed E-state index contributed by atoms with van der Waals surface area (Å²) in [5.74, 6) is 0.716. The van der Waals surface area contributed by atoms with Gasteiger partial charge in [-0.1, -0.05) is 36.0 Å². The highest BCUT2D eigenvalue weighted by Crippen LogP contribution is 2.31. The molecule has 0 spiro atoms. The highest BCUT2D eigenvalue weighted by Gasteiger charge is 2.30. The molecule has 3 rings (SSSR count). The van der Waals surface area contributed by atoms with Crippen molar-refractivity contribution in [2.75, 3.05) is 0 Å². The molecule has 3 aromatic rings. The molecule has 0 aliphatic heterocycles. The van der Waals surface area contributed by atoms with Crippen LogP contribution in [0.5, 0.6) is 0 Å². The Kier molecular flexibility index (Phi) is 4.85. The Morgan fingerprint density at radius 3 is 2.52 bits per heavy atom. The molecule has 0 bridgehead atoms. The highest BCUT2D eigenvalue weighted by atomic mass is 32.2. The summed E-state index contributed by atoms with van der Waals surface area (Å²) in [5, 5.41) is 8.29. The van der Waals surface area contributed by atoms with E-state index in [0.29, 0.717) is 22.4 Å². The van der Waals surface area contributed by atoms with E-state index in [2.05, 4.69) is 10.2 Å². The monoisotopic (exact) mass is 364 g/mol. The van der Waals surface area contributed by atoms with E-state index in [-0.39, 0.29) is 0 Å². The van der Waals surface area contributed by atoms with Gasteiger partial charge in [0.25, 0.3) is 5.22 Å². The fourth-order valence-corrected chi connectivity index (χ4v) is 2.95. The molecule has 0 radical (unpaired) electrons. The van der Waals surface area contributed by atoms with E-state index in [0.717, 1.165) is 23.3 Å². The van der Waals surface area contributed by atoms with Gasteiger partial charge in [0, 0.05) is 11.3 Å². The first-order chi connectivity index (χ1) is 11.8. The van der Waals surface area contributed by atoms with E-state index in [1.165, 1.54) is 23.4 Å². The van der Waals surface area contributed by atoms with Crippen LogP contribution in [0.4, 0.5) is 13.2 Å². The van der Waals surface area contributed by atoms with Gasteiger partial charge in [-0.3, -0.25) is 0 Å². The minimum Gasteiger partial charge on any atom is -0.411 e. The molecule has 130 valence electrons. The molecule has 7 heteroatoms. The number of hydrogen-bond acceptors (Lipinski definition) is 4. The Labute approximate surface area is 147 Å². The summed E-state index contributed by atoms with van der Waals surface area (Å²) in [5.41, 5.74) is 3.00. The molecule has 0 fully saturated rings. The maximum Gasteiger partial charge on any atom is 0.416 e. The van der Waals surface area contributed by atoms with Crippen molar-refractivity contribution in [3.8, 4) is 11.5 Å². The second-order valence-electron chi connectivity index (χ2n) is 5.66. The predicted octanol–water partition coefficient (Wildman–Crippen LogP) is 5.66. The van der Waals surface area contributed by atoms with Gasteiger partial charge in [-0.25, -0.2) is 0 Å². The van der Waals surface area contributed by atoms with Gasteiger partial charge < -0.3 is 4.42 Å². The van der Waals surface area contributed by atoms with Crippen LogP contribution in [-0.2, 0) is 11.9 Å². The molecule has 0 saturated heterocycles. The zero-order valence-electron chi connectivity index (χ0n) is 13.6. The number of benzene rings is 2. The van der Waals surface area contributed by atoms with E-state index < -0.39 is 11.7 Å². The van der Waals surface area contributed by atoms with Crippen LogP contribution in [0.25, 0.3) is 11.5 Å². The van der Waals surface area contributed by atoms with E-state index in [4.69, 9.17) is 4.42 Å². The summed E-state index contributed by atoms with van der Waals surface area (Å²) in [4.78, 5) is 0. The Hall–Kier alpha value is -2.28. The minimum absolute atomic E-state index is 0.318. The number of hydrogen-bond donors (Lipinski definition) is 0. The number of rotatable bonds is 4. The number of thioether (sulfide) groups is 1. The third-order valence-corrected chi connectivity index (χ3v) is 4.67. The smallest absolute Gasteiger partial charge is 0.411 e. The zero-order chi connectivity index (χ0) is 18.0. The third-order valence-electron chi connectivity index (χ3n) is 3.78. The molecule has 0 N–H and O–H groups in total. The van der Waals surface area contributed by atoms with Crippen molar-refractivity contribution in [1.29, 1.82) is 0 Å². The number of aryl methyl sites for hydroxylation is 2. The average molecular weight is 364 g/mol. The lowest BCUT2D eigenvalue weighted by Gasteiger charge is -2.07. The van der Waals surface area contributed by atoms with Gasteiger partial charge in [0.2, 0.25) is 5.89 Å². The van der Waals surface area contributed by atoms with Gasteiger partial charge in [0.15, 0.2) is 0 Å². The highest BCUT2D eigenvalue weighted by molar-refractivity contribution is 7.98. The molecular formula is C18H15F3N2OS. The number of alkyl halides is 3. The number of aromatic nitrogens is 2. The van der Waals surface area contributed by atoms with Crippen LogP contribution < -0.4 is 0 Å².